The Morgan fingerprint density at radius 1 is 1.30 bits per heavy atom. The van der Waals surface area contributed by atoms with Gasteiger partial charge in [-0.3, -0.25) is 0 Å². The van der Waals surface area contributed by atoms with Crippen molar-refractivity contribution in [3.05, 3.63) is 46.4 Å². The summed E-state index contributed by atoms with van der Waals surface area (Å²) in [7, 11) is 3.07. The van der Waals surface area contributed by atoms with Crippen molar-refractivity contribution in [2.24, 2.45) is 10.9 Å². The first-order chi connectivity index (χ1) is 11.0. The molecule has 0 aliphatic heterocycles. The summed E-state index contributed by atoms with van der Waals surface area (Å²) in [5.41, 5.74) is 7.67. The second-order valence-electron chi connectivity index (χ2n) is 4.56. The second-order valence-corrected chi connectivity index (χ2v) is 5.00. The zero-order chi connectivity index (χ0) is 16.8. The van der Waals surface area contributed by atoms with E-state index in [0.29, 0.717) is 27.9 Å². The van der Waals surface area contributed by atoms with Gasteiger partial charge in [0, 0.05) is 16.9 Å². The van der Waals surface area contributed by atoms with Crippen molar-refractivity contribution in [2.45, 2.75) is 13.5 Å². The number of hydrogen-bond acceptors (Lipinski definition) is 6. The lowest BCUT2D eigenvalue weighted by molar-refractivity contribution is 0.125. The van der Waals surface area contributed by atoms with Crippen LogP contribution in [0.5, 0.6) is 11.6 Å². The number of hydrogen-bond donors (Lipinski definition) is 1. The summed E-state index contributed by atoms with van der Waals surface area (Å²) in [4.78, 5) is 13.6. The lowest BCUT2D eigenvalue weighted by Crippen LogP contribution is -2.16. The molecule has 0 aliphatic rings. The Morgan fingerprint density at radius 3 is 2.74 bits per heavy atom. The van der Waals surface area contributed by atoms with E-state index in [9.17, 15) is 0 Å². The number of amidine groups is 1. The van der Waals surface area contributed by atoms with Gasteiger partial charge in [0.1, 0.15) is 11.4 Å². The van der Waals surface area contributed by atoms with Crippen LogP contribution in [-0.2, 0) is 11.4 Å². The van der Waals surface area contributed by atoms with Gasteiger partial charge in [0.25, 0.3) is 0 Å². The van der Waals surface area contributed by atoms with Gasteiger partial charge >= 0.3 is 0 Å². The van der Waals surface area contributed by atoms with E-state index in [2.05, 4.69) is 15.1 Å². The molecule has 0 saturated heterocycles. The molecule has 0 aliphatic carbocycles. The number of rotatable bonds is 6. The van der Waals surface area contributed by atoms with Gasteiger partial charge in [-0.05, 0) is 25.1 Å². The first-order valence-corrected chi connectivity index (χ1v) is 7.08. The minimum absolute atomic E-state index is 0.0838. The molecule has 0 spiro atoms. The van der Waals surface area contributed by atoms with Crippen molar-refractivity contribution in [3.63, 3.8) is 0 Å². The van der Waals surface area contributed by atoms with Gasteiger partial charge in [-0.15, -0.1) is 0 Å². The van der Waals surface area contributed by atoms with Crippen LogP contribution < -0.4 is 15.2 Å². The number of nitrogens with two attached hydrogens (primary N) is 1. The number of methoxy groups -OCH3 is 2. The summed E-state index contributed by atoms with van der Waals surface area (Å²) in [6.07, 6.45) is 1.58. The van der Waals surface area contributed by atoms with E-state index in [4.69, 9.17) is 31.6 Å². The fourth-order valence-corrected chi connectivity index (χ4v) is 2.19. The number of oxime groups is 1. The van der Waals surface area contributed by atoms with E-state index < -0.39 is 0 Å². The maximum absolute atomic E-state index is 5.97. The number of aryl methyl sites for hydroxylation is 1. The van der Waals surface area contributed by atoms with Crippen molar-refractivity contribution in [3.8, 4) is 11.6 Å². The van der Waals surface area contributed by atoms with Gasteiger partial charge in [0.05, 0.1) is 19.8 Å². The summed E-state index contributed by atoms with van der Waals surface area (Å²) in [6.45, 7) is 1.90. The Labute approximate surface area is 139 Å². The number of pyridine rings is 2. The molecule has 0 aromatic carbocycles. The molecule has 2 rings (SSSR count). The molecule has 122 valence electrons. The summed E-state index contributed by atoms with van der Waals surface area (Å²) < 4.78 is 10.4. The molecule has 0 fully saturated rings. The zero-order valence-electron chi connectivity index (χ0n) is 13.0. The molecule has 0 unspecified atom stereocenters. The maximum Gasteiger partial charge on any atom is 0.223 e. The number of aromatic nitrogens is 2. The van der Waals surface area contributed by atoms with Gasteiger partial charge in [0.2, 0.25) is 5.88 Å². The Kier molecular flexibility index (Phi) is 5.59. The van der Waals surface area contributed by atoms with Crippen LogP contribution in [0.1, 0.15) is 17.0 Å². The molecule has 2 aromatic heterocycles. The summed E-state index contributed by atoms with van der Waals surface area (Å²) in [5.74, 6) is 1.11. The molecule has 7 nitrogen and oxygen atoms in total. The molecule has 0 bridgehead atoms. The smallest absolute Gasteiger partial charge is 0.223 e. The molecular weight excluding hydrogens is 320 g/mol. The first kappa shape index (κ1) is 16.8. The normalized spacial score (nSPS) is 11.2. The lowest BCUT2D eigenvalue weighted by atomic mass is 10.2. The topological polar surface area (TPSA) is 91.8 Å². The highest BCUT2D eigenvalue weighted by Crippen LogP contribution is 2.26. The molecule has 0 atom stereocenters. The van der Waals surface area contributed by atoms with Crippen molar-refractivity contribution in [1.29, 1.82) is 0 Å². The Hall–Kier alpha value is -2.54. The fraction of sp³-hybridized carbons (Fsp3) is 0.267. The first-order valence-electron chi connectivity index (χ1n) is 6.71. The van der Waals surface area contributed by atoms with Crippen LogP contribution in [0.4, 0.5) is 0 Å². The summed E-state index contributed by atoms with van der Waals surface area (Å²) in [6, 6.07) is 5.04. The van der Waals surface area contributed by atoms with E-state index in [-0.39, 0.29) is 12.4 Å². The van der Waals surface area contributed by atoms with Gasteiger partial charge in [-0.25, -0.2) is 9.97 Å². The monoisotopic (exact) mass is 336 g/mol. The third kappa shape index (κ3) is 4.23. The van der Waals surface area contributed by atoms with E-state index in [1.807, 2.05) is 6.92 Å². The lowest BCUT2D eigenvalue weighted by Gasteiger charge is -2.10. The molecule has 23 heavy (non-hydrogen) atoms. The highest BCUT2D eigenvalue weighted by Gasteiger charge is 2.12. The van der Waals surface area contributed by atoms with E-state index in [1.54, 1.807) is 31.5 Å². The Balaban J connectivity index is 2.15. The van der Waals surface area contributed by atoms with Crippen LogP contribution in [-0.4, -0.2) is 30.0 Å². The van der Waals surface area contributed by atoms with Crippen LogP contribution >= 0.6 is 11.6 Å². The summed E-state index contributed by atoms with van der Waals surface area (Å²) in [5, 5.41) is 4.39. The molecule has 2 N–H and O–H groups in total. The molecule has 0 radical (unpaired) electrons. The van der Waals surface area contributed by atoms with Crippen molar-refractivity contribution in [2.75, 3.05) is 14.2 Å². The predicted molar refractivity (Wildman–Crippen MR) is 86.8 cm³/mol. The van der Waals surface area contributed by atoms with Gasteiger partial charge < -0.3 is 20.0 Å². The standard InChI is InChI=1S/C15H17ClN4O3/c1-9-6-10(16)7-12(19-9)14(17)20-23-8-11-13(21-2)4-5-18-15(11)22-3/h4-7H,8H2,1-3H3,(H2,17,20). The molecule has 0 saturated carbocycles. The molecular formula is C15H17ClN4O3. The van der Waals surface area contributed by atoms with Crippen LogP contribution in [0.15, 0.2) is 29.6 Å². The predicted octanol–water partition coefficient (Wildman–Crippen LogP) is 2.29. The highest BCUT2D eigenvalue weighted by molar-refractivity contribution is 6.31. The zero-order valence-corrected chi connectivity index (χ0v) is 13.8. The number of nitrogens with zero attached hydrogens (tertiary/aromatic N) is 3. The van der Waals surface area contributed by atoms with E-state index in [1.165, 1.54) is 7.11 Å². The number of ether oxygens (including phenoxy) is 2. The van der Waals surface area contributed by atoms with Crippen LogP contribution in [0.2, 0.25) is 5.02 Å². The fourth-order valence-electron chi connectivity index (χ4n) is 1.93. The Bertz CT molecular complexity index is 679. The molecule has 8 heteroatoms. The van der Waals surface area contributed by atoms with Crippen LogP contribution in [0.3, 0.4) is 0 Å². The largest absolute Gasteiger partial charge is 0.496 e. The van der Waals surface area contributed by atoms with Crippen LogP contribution in [0.25, 0.3) is 0 Å². The van der Waals surface area contributed by atoms with Crippen molar-refractivity contribution < 1.29 is 14.3 Å². The quantitative estimate of drug-likeness (QED) is 0.494. The van der Waals surface area contributed by atoms with E-state index in [0.717, 1.165) is 5.69 Å². The van der Waals surface area contributed by atoms with Crippen molar-refractivity contribution >= 4 is 17.4 Å². The summed E-state index contributed by atoms with van der Waals surface area (Å²) >= 11 is 5.97. The highest BCUT2D eigenvalue weighted by atomic mass is 35.5. The minimum Gasteiger partial charge on any atom is -0.496 e. The van der Waals surface area contributed by atoms with Gasteiger partial charge in [-0.1, -0.05) is 16.8 Å². The SMILES string of the molecule is COc1ccnc(OC)c1CO/N=C(\N)c1cc(Cl)cc(C)n1. The van der Waals surface area contributed by atoms with Gasteiger partial charge in [-0.2, -0.15) is 0 Å². The van der Waals surface area contributed by atoms with Gasteiger partial charge in [0.15, 0.2) is 12.4 Å². The maximum atomic E-state index is 5.97. The molecule has 2 aromatic rings. The Morgan fingerprint density at radius 2 is 2.09 bits per heavy atom. The van der Waals surface area contributed by atoms with Crippen LogP contribution in [0, 0.1) is 6.92 Å². The van der Waals surface area contributed by atoms with Crippen molar-refractivity contribution in [1.82, 2.24) is 9.97 Å². The third-order valence-electron chi connectivity index (χ3n) is 2.94. The third-order valence-corrected chi connectivity index (χ3v) is 3.16. The minimum atomic E-state index is 0.0838. The number of halogens is 1. The second kappa shape index (κ2) is 7.64. The average molecular weight is 337 g/mol. The van der Waals surface area contributed by atoms with E-state index >= 15 is 0 Å². The molecule has 2 heterocycles. The molecule has 0 amide bonds. The average Bonchev–Trinajstić information content (AvgIpc) is 2.53.